The quantitative estimate of drug-likeness (QED) is 0.427. The van der Waals surface area contributed by atoms with Crippen LogP contribution < -0.4 is 11.5 Å². The number of esters is 1. The molecule has 0 aromatic heterocycles. The number of rotatable bonds is 6. The third-order valence-electron chi connectivity index (χ3n) is 2.53. The fourth-order valence-corrected chi connectivity index (χ4v) is 1.63. The third kappa shape index (κ3) is 3.38. The molecule has 4 N–H and O–H groups in total. The SMILES string of the molecule is CCOC(=O)[C@](N)(CC(N)=O)C(=O)c1ccccc1. The van der Waals surface area contributed by atoms with E-state index in [4.69, 9.17) is 16.2 Å². The van der Waals surface area contributed by atoms with Crippen LogP contribution in [0.1, 0.15) is 23.7 Å². The van der Waals surface area contributed by atoms with Gasteiger partial charge in [0.1, 0.15) is 0 Å². The topological polar surface area (TPSA) is 112 Å². The van der Waals surface area contributed by atoms with Gasteiger partial charge in [-0.2, -0.15) is 0 Å². The maximum Gasteiger partial charge on any atom is 0.334 e. The van der Waals surface area contributed by atoms with Crippen molar-refractivity contribution < 1.29 is 19.1 Å². The first-order chi connectivity index (χ1) is 8.91. The molecule has 0 unspecified atom stereocenters. The smallest absolute Gasteiger partial charge is 0.334 e. The van der Waals surface area contributed by atoms with Gasteiger partial charge in [0.2, 0.25) is 5.91 Å². The van der Waals surface area contributed by atoms with Gasteiger partial charge in [0.15, 0.2) is 11.3 Å². The highest BCUT2D eigenvalue weighted by Gasteiger charge is 2.45. The Kier molecular flexibility index (Phi) is 4.77. The van der Waals surface area contributed by atoms with Crippen molar-refractivity contribution in [1.29, 1.82) is 0 Å². The molecular formula is C13H16N2O4. The van der Waals surface area contributed by atoms with E-state index in [1.807, 2.05) is 0 Å². The molecule has 0 aliphatic carbocycles. The maximum atomic E-state index is 12.3. The summed E-state index contributed by atoms with van der Waals surface area (Å²) in [6, 6.07) is 7.98. The molecule has 19 heavy (non-hydrogen) atoms. The van der Waals surface area contributed by atoms with E-state index in [0.717, 1.165) is 0 Å². The zero-order valence-corrected chi connectivity index (χ0v) is 10.6. The molecule has 0 aliphatic heterocycles. The second kappa shape index (κ2) is 6.10. The van der Waals surface area contributed by atoms with Crippen LogP contribution in [-0.2, 0) is 14.3 Å². The lowest BCUT2D eigenvalue weighted by Gasteiger charge is -2.24. The van der Waals surface area contributed by atoms with Crippen LogP contribution in [0.25, 0.3) is 0 Å². The molecule has 1 aromatic rings. The predicted molar refractivity (Wildman–Crippen MR) is 68.1 cm³/mol. The normalized spacial score (nSPS) is 13.4. The van der Waals surface area contributed by atoms with Crippen LogP contribution in [0.15, 0.2) is 30.3 Å². The molecule has 0 saturated heterocycles. The number of carbonyl (C=O) groups is 3. The minimum atomic E-state index is -2.08. The number of ether oxygens (including phenoxy) is 1. The second-order valence-corrected chi connectivity index (χ2v) is 4.03. The van der Waals surface area contributed by atoms with Crippen LogP contribution in [0.3, 0.4) is 0 Å². The predicted octanol–water partition coefficient (Wildman–Crippen LogP) is 0.00530. The number of amides is 1. The minimum Gasteiger partial charge on any atom is -0.464 e. The summed E-state index contributed by atoms with van der Waals surface area (Å²) in [4.78, 5) is 35.2. The van der Waals surface area contributed by atoms with Crippen LogP contribution in [-0.4, -0.2) is 29.8 Å². The third-order valence-corrected chi connectivity index (χ3v) is 2.53. The van der Waals surface area contributed by atoms with E-state index in [2.05, 4.69) is 0 Å². The van der Waals surface area contributed by atoms with Crippen LogP contribution in [0.5, 0.6) is 0 Å². The van der Waals surface area contributed by atoms with Gasteiger partial charge in [-0.15, -0.1) is 0 Å². The first-order valence-corrected chi connectivity index (χ1v) is 5.76. The van der Waals surface area contributed by atoms with E-state index in [9.17, 15) is 14.4 Å². The molecule has 6 nitrogen and oxygen atoms in total. The van der Waals surface area contributed by atoms with Gasteiger partial charge < -0.3 is 16.2 Å². The minimum absolute atomic E-state index is 0.0542. The number of nitrogens with two attached hydrogens (primary N) is 2. The highest BCUT2D eigenvalue weighted by molar-refractivity contribution is 6.18. The van der Waals surface area contributed by atoms with Crippen molar-refractivity contribution in [3.8, 4) is 0 Å². The summed E-state index contributed by atoms with van der Waals surface area (Å²) in [5.74, 6) is -2.49. The first kappa shape index (κ1) is 14.8. The molecule has 1 amide bonds. The summed E-state index contributed by atoms with van der Waals surface area (Å²) < 4.78 is 4.76. The Morgan fingerprint density at radius 1 is 1.21 bits per heavy atom. The Hall–Kier alpha value is -2.21. The highest BCUT2D eigenvalue weighted by Crippen LogP contribution is 2.17. The van der Waals surface area contributed by atoms with Gasteiger partial charge in [0.25, 0.3) is 0 Å². The number of carbonyl (C=O) groups excluding carboxylic acids is 3. The Labute approximate surface area is 110 Å². The lowest BCUT2D eigenvalue weighted by molar-refractivity contribution is -0.149. The Morgan fingerprint density at radius 3 is 2.26 bits per heavy atom. The number of benzene rings is 1. The molecule has 0 saturated carbocycles. The van der Waals surface area contributed by atoms with Crippen molar-refractivity contribution in [3.05, 3.63) is 35.9 Å². The molecule has 102 valence electrons. The maximum absolute atomic E-state index is 12.3. The summed E-state index contributed by atoms with van der Waals surface area (Å²) in [5, 5.41) is 0. The van der Waals surface area contributed by atoms with Gasteiger partial charge in [0.05, 0.1) is 13.0 Å². The van der Waals surface area contributed by atoms with E-state index in [-0.39, 0.29) is 12.2 Å². The van der Waals surface area contributed by atoms with Gasteiger partial charge in [0, 0.05) is 5.56 Å². The molecule has 0 heterocycles. The summed E-state index contributed by atoms with van der Waals surface area (Å²) in [6.07, 6.45) is -0.598. The van der Waals surface area contributed by atoms with Crippen molar-refractivity contribution in [2.75, 3.05) is 6.61 Å². The number of hydrogen-bond acceptors (Lipinski definition) is 5. The summed E-state index contributed by atoms with van der Waals surface area (Å²) in [5.41, 5.74) is 8.97. The molecule has 0 radical (unpaired) electrons. The molecule has 0 aliphatic rings. The van der Waals surface area contributed by atoms with E-state index in [1.165, 1.54) is 12.1 Å². The highest BCUT2D eigenvalue weighted by atomic mass is 16.5. The largest absolute Gasteiger partial charge is 0.464 e. The van der Waals surface area contributed by atoms with Gasteiger partial charge >= 0.3 is 5.97 Å². The molecule has 1 atom stereocenters. The number of hydrogen-bond donors (Lipinski definition) is 2. The molecule has 1 aromatic carbocycles. The van der Waals surface area contributed by atoms with E-state index >= 15 is 0 Å². The Morgan fingerprint density at radius 2 is 1.79 bits per heavy atom. The molecule has 0 spiro atoms. The summed E-state index contributed by atoms with van der Waals surface area (Å²) >= 11 is 0. The Balaban J connectivity index is 3.13. The molecule has 0 bridgehead atoms. The summed E-state index contributed by atoms with van der Waals surface area (Å²) in [6.45, 7) is 1.63. The standard InChI is InChI=1S/C13H16N2O4/c1-2-19-12(18)13(15,8-10(14)16)11(17)9-6-4-3-5-7-9/h3-7H,2,8,15H2,1H3,(H2,14,16)/t13-/m0/s1. The van der Waals surface area contributed by atoms with Crippen molar-refractivity contribution in [1.82, 2.24) is 0 Å². The monoisotopic (exact) mass is 264 g/mol. The van der Waals surface area contributed by atoms with Gasteiger partial charge in [-0.05, 0) is 6.92 Å². The van der Waals surface area contributed by atoms with Crippen LogP contribution in [0.2, 0.25) is 0 Å². The van der Waals surface area contributed by atoms with E-state index in [0.29, 0.717) is 0 Å². The number of ketones is 1. The van der Waals surface area contributed by atoms with Crippen LogP contribution >= 0.6 is 0 Å². The molecular weight excluding hydrogens is 248 g/mol. The summed E-state index contributed by atoms with van der Waals surface area (Å²) in [7, 11) is 0. The van der Waals surface area contributed by atoms with Crippen LogP contribution in [0.4, 0.5) is 0 Å². The van der Waals surface area contributed by atoms with Crippen molar-refractivity contribution >= 4 is 17.7 Å². The van der Waals surface area contributed by atoms with Gasteiger partial charge in [-0.1, -0.05) is 30.3 Å². The fraction of sp³-hybridized carbons (Fsp3) is 0.308. The zero-order valence-electron chi connectivity index (χ0n) is 10.6. The fourth-order valence-electron chi connectivity index (χ4n) is 1.63. The van der Waals surface area contributed by atoms with Gasteiger partial charge in [-0.3, -0.25) is 9.59 Å². The van der Waals surface area contributed by atoms with E-state index in [1.54, 1.807) is 25.1 Å². The molecule has 1 rings (SSSR count). The van der Waals surface area contributed by atoms with E-state index < -0.39 is 29.6 Å². The second-order valence-electron chi connectivity index (χ2n) is 4.03. The first-order valence-electron chi connectivity index (χ1n) is 5.76. The van der Waals surface area contributed by atoms with Crippen molar-refractivity contribution in [2.24, 2.45) is 11.5 Å². The average molecular weight is 264 g/mol. The number of Topliss-reactive ketones (excluding diaryl/α,β-unsaturated/α-hetero) is 1. The molecule has 6 heteroatoms. The van der Waals surface area contributed by atoms with Crippen LogP contribution in [0, 0.1) is 0 Å². The lowest BCUT2D eigenvalue weighted by Crippen LogP contribution is -2.57. The number of primary amides is 1. The van der Waals surface area contributed by atoms with Crippen molar-refractivity contribution in [2.45, 2.75) is 18.9 Å². The lowest BCUT2D eigenvalue weighted by atomic mass is 9.87. The average Bonchev–Trinajstić information content (AvgIpc) is 2.38. The Bertz CT molecular complexity index is 487. The van der Waals surface area contributed by atoms with Gasteiger partial charge in [-0.25, -0.2) is 4.79 Å². The zero-order chi connectivity index (χ0) is 14.5. The van der Waals surface area contributed by atoms with Crippen molar-refractivity contribution in [3.63, 3.8) is 0 Å². The molecule has 0 fully saturated rings.